The van der Waals surface area contributed by atoms with Crippen molar-refractivity contribution >= 4 is 19.8 Å². The highest BCUT2D eigenvalue weighted by molar-refractivity contribution is 7.47. The summed E-state index contributed by atoms with van der Waals surface area (Å²) >= 11 is 0. The number of aliphatic hydroxyl groups excluding tert-OH is 6. The lowest BCUT2D eigenvalue weighted by Gasteiger charge is -2.41. The van der Waals surface area contributed by atoms with Gasteiger partial charge in [0.2, 0.25) is 0 Å². The fourth-order valence-corrected chi connectivity index (χ4v) is 7.66. The Morgan fingerprint density at radius 2 is 1.05 bits per heavy atom. The minimum Gasteiger partial charge on any atom is -0.462 e. The summed E-state index contributed by atoms with van der Waals surface area (Å²) in [5.74, 6) is -1.22. The topological polar surface area (TPSA) is 230 Å². The molecule has 9 atom stereocenters. The lowest BCUT2D eigenvalue weighted by molar-refractivity contribution is -0.220. The van der Waals surface area contributed by atoms with Gasteiger partial charge < -0.3 is 45.0 Å². The molecule has 1 aliphatic rings. The molecule has 0 amide bonds. The number of hydrogen-bond donors (Lipinski definition) is 7. The van der Waals surface area contributed by atoms with Crippen molar-refractivity contribution in [2.45, 2.75) is 210 Å². The van der Waals surface area contributed by atoms with Crippen LogP contribution in [0.15, 0.2) is 72.9 Å². The van der Waals surface area contributed by atoms with Gasteiger partial charge in [0.15, 0.2) is 6.10 Å². The van der Waals surface area contributed by atoms with Crippen LogP contribution in [-0.4, -0.2) is 110 Å². The average molecular weight is 927 g/mol. The number of esters is 2. The van der Waals surface area contributed by atoms with Crippen LogP contribution >= 0.6 is 7.82 Å². The molecule has 0 bridgehead atoms. The van der Waals surface area contributed by atoms with Gasteiger partial charge >= 0.3 is 19.8 Å². The maximum absolute atomic E-state index is 12.8. The predicted octanol–water partition coefficient (Wildman–Crippen LogP) is 8.47. The van der Waals surface area contributed by atoms with Crippen molar-refractivity contribution in [2.75, 3.05) is 13.2 Å². The number of phosphoric ester groups is 1. The highest BCUT2D eigenvalue weighted by atomic mass is 31.2. The zero-order valence-electron chi connectivity index (χ0n) is 38.7. The number of carbonyl (C=O) groups excluding carboxylic acids is 2. The van der Waals surface area contributed by atoms with Gasteiger partial charge in [0.05, 0.1) is 12.7 Å². The van der Waals surface area contributed by atoms with Crippen LogP contribution in [0, 0.1) is 0 Å². The van der Waals surface area contributed by atoms with E-state index in [2.05, 4.69) is 44.2 Å². The van der Waals surface area contributed by atoms with Crippen LogP contribution in [0.3, 0.4) is 0 Å². The molecular weight excluding hydrogens is 843 g/mol. The Morgan fingerprint density at radius 3 is 1.64 bits per heavy atom. The summed E-state index contributed by atoms with van der Waals surface area (Å²) in [6.45, 7) is 3.11. The summed E-state index contributed by atoms with van der Waals surface area (Å²) in [6.07, 6.45) is 31.2. The second kappa shape index (κ2) is 38.4. The molecule has 0 aromatic rings. The van der Waals surface area contributed by atoms with Gasteiger partial charge in [-0.3, -0.25) is 18.6 Å². The van der Waals surface area contributed by atoms with Gasteiger partial charge in [0.1, 0.15) is 43.2 Å². The Kier molecular flexibility index (Phi) is 35.5. The lowest BCUT2D eigenvalue weighted by atomic mass is 9.85. The summed E-state index contributed by atoms with van der Waals surface area (Å²) in [6, 6.07) is 0. The third-order valence-corrected chi connectivity index (χ3v) is 11.6. The summed E-state index contributed by atoms with van der Waals surface area (Å²) in [4.78, 5) is 35.7. The standard InChI is InChI=1S/C49H83O14P/c1-3-5-7-9-11-12-13-14-15-16-17-18-19-20-24-28-32-36-42(51)60-38-41(39-61-64(58,59)63-49-47(56)45(54)44(53)46(55)48(49)57)62-43(52)37-33-29-25-22-21-23-27-31-35-40(50)34-30-26-10-8-6-4-2/h11-12,14-15,22-23,25-27,30-31,35,40-41,44-50,53-57H,3-10,13,16-21,24,28-29,32-34,36-39H2,1-2H3,(H,58,59)/b12-11-,15-14-,25-22-,27-23-,30-26-,35-31+/t40-,41+,44?,45-,46+,47+,48+,49?/m0/s1. The van der Waals surface area contributed by atoms with E-state index < -0.39 is 81.8 Å². The fourth-order valence-electron chi connectivity index (χ4n) is 6.69. The van der Waals surface area contributed by atoms with Crippen molar-refractivity contribution in [1.29, 1.82) is 0 Å². The SMILES string of the molecule is CCCCC/C=C\C/C=C\CCCCCCCCCC(=O)OC[C@H](COP(=O)(O)OC1[C@H](O)[C@H](O)C(O)[C@H](O)[C@H]1O)OC(=O)CCC/C=C\C/C=C\C=C\[C@@H](O)C/C=C\CCCCC. The molecular formula is C49H83O14P. The Balaban J connectivity index is 2.53. The molecule has 0 aliphatic heterocycles. The van der Waals surface area contributed by atoms with E-state index in [1.807, 2.05) is 30.4 Å². The van der Waals surface area contributed by atoms with E-state index >= 15 is 0 Å². The van der Waals surface area contributed by atoms with Gasteiger partial charge in [-0.05, 0) is 77.0 Å². The Morgan fingerprint density at radius 1 is 0.562 bits per heavy atom. The number of phosphoric acid groups is 1. The van der Waals surface area contributed by atoms with Crippen molar-refractivity contribution < 1.29 is 68.2 Å². The van der Waals surface area contributed by atoms with Crippen molar-refractivity contribution in [3.05, 3.63) is 72.9 Å². The Bertz CT molecular complexity index is 1410. The molecule has 7 N–H and O–H groups in total. The van der Waals surface area contributed by atoms with Gasteiger partial charge in [0, 0.05) is 12.8 Å². The van der Waals surface area contributed by atoms with E-state index in [0.717, 1.165) is 70.6 Å². The monoisotopic (exact) mass is 927 g/mol. The van der Waals surface area contributed by atoms with Crippen LogP contribution in [0.1, 0.15) is 162 Å². The van der Waals surface area contributed by atoms with Gasteiger partial charge in [-0.15, -0.1) is 0 Å². The van der Waals surface area contributed by atoms with Crippen molar-refractivity contribution in [3.8, 4) is 0 Å². The molecule has 15 heteroatoms. The molecule has 1 saturated carbocycles. The van der Waals surface area contributed by atoms with Crippen LogP contribution < -0.4 is 0 Å². The quantitative estimate of drug-likeness (QED) is 0.0101. The normalized spacial score (nSPS) is 22.7. The minimum atomic E-state index is -5.16. The minimum absolute atomic E-state index is 0.0162. The van der Waals surface area contributed by atoms with Crippen molar-refractivity contribution in [3.63, 3.8) is 0 Å². The first-order chi connectivity index (χ1) is 30.8. The van der Waals surface area contributed by atoms with Crippen LogP contribution in [0.4, 0.5) is 0 Å². The number of carbonyl (C=O) groups is 2. The predicted molar refractivity (Wildman–Crippen MR) is 250 cm³/mol. The maximum atomic E-state index is 12.8. The molecule has 1 rings (SSSR count). The van der Waals surface area contributed by atoms with E-state index in [9.17, 15) is 49.7 Å². The number of rotatable bonds is 38. The Hall–Kier alpha value is -2.75. The number of allylic oxidation sites excluding steroid dienone is 10. The van der Waals surface area contributed by atoms with Gasteiger partial charge in [0.25, 0.3) is 0 Å². The molecule has 0 spiro atoms. The summed E-state index contributed by atoms with van der Waals surface area (Å²) in [7, 11) is -5.16. The van der Waals surface area contributed by atoms with Crippen LogP contribution in [0.25, 0.3) is 0 Å². The number of ether oxygens (including phenoxy) is 2. The molecule has 1 fully saturated rings. The molecule has 0 aromatic carbocycles. The molecule has 14 nitrogen and oxygen atoms in total. The second-order valence-electron chi connectivity index (χ2n) is 16.5. The molecule has 0 heterocycles. The Labute approximate surface area is 383 Å². The third kappa shape index (κ3) is 30.5. The smallest absolute Gasteiger partial charge is 0.462 e. The third-order valence-electron chi connectivity index (χ3n) is 10.6. The van der Waals surface area contributed by atoms with Crippen molar-refractivity contribution in [2.24, 2.45) is 0 Å². The second-order valence-corrected chi connectivity index (χ2v) is 17.9. The molecule has 3 unspecified atom stereocenters. The van der Waals surface area contributed by atoms with Crippen LogP contribution in [-0.2, 0) is 32.7 Å². The van der Waals surface area contributed by atoms with Gasteiger partial charge in [-0.25, -0.2) is 4.57 Å². The average Bonchev–Trinajstić information content (AvgIpc) is 3.27. The largest absolute Gasteiger partial charge is 0.472 e. The molecule has 0 radical (unpaired) electrons. The summed E-state index contributed by atoms with van der Waals surface area (Å²) in [5, 5.41) is 60.2. The number of hydrogen-bond acceptors (Lipinski definition) is 13. The zero-order chi connectivity index (χ0) is 47.3. The summed E-state index contributed by atoms with van der Waals surface area (Å²) in [5.41, 5.74) is 0. The first-order valence-electron chi connectivity index (χ1n) is 23.8. The summed E-state index contributed by atoms with van der Waals surface area (Å²) < 4.78 is 33.4. The highest BCUT2D eigenvalue weighted by Gasteiger charge is 2.51. The molecule has 0 aromatic heterocycles. The van der Waals surface area contributed by atoms with E-state index in [1.165, 1.54) is 32.1 Å². The van der Waals surface area contributed by atoms with Crippen LogP contribution in [0.5, 0.6) is 0 Å². The zero-order valence-corrected chi connectivity index (χ0v) is 39.6. The van der Waals surface area contributed by atoms with Gasteiger partial charge in [-0.2, -0.15) is 0 Å². The van der Waals surface area contributed by atoms with E-state index in [-0.39, 0.29) is 12.8 Å². The van der Waals surface area contributed by atoms with E-state index in [1.54, 1.807) is 12.2 Å². The first-order valence-corrected chi connectivity index (χ1v) is 25.3. The van der Waals surface area contributed by atoms with Gasteiger partial charge in [-0.1, -0.05) is 145 Å². The molecule has 368 valence electrons. The number of aliphatic hydroxyl groups is 6. The molecule has 0 saturated heterocycles. The van der Waals surface area contributed by atoms with Crippen LogP contribution in [0.2, 0.25) is 0 Å². The maximum Gasteiger partial charge on any atom is 0.472 e. The van der Waals surface area contributed by atoms with E-state index in [0.29, 0.717) is 32.1 Å². The number of unbranched alkanes of at least 4 members (excludes halogenated alkanes) is 14. The fraction of sp³-hybridized carbons (Fsp3) is 0.714. The van der Waals surface area contributed by atoms with E-state index in [4.69, 9.17) is 18.5 Å². The highest BCUT2D eigenvalue weighted by Crippen LogP contribution is 2.47. The molecule has 64 heavy (non-hydrogen) atoms. The van der Waals surface area contributed by atoms with Crippen molar-refractivity contribution in [1.82, 2.24) is 0 Å². The first kappa shape index (κ1) is 59.3. The lowest BCUT2D eigenvalue weighted by Crippen LogP contribution is -2.64. The molecule has 1 aliphatic carbocycles.